The number of carbonyl (C=O) groups is 1. The van der Waals surface area contributed by atoms with E-state index in [0.717, 1.165) is 17.8 Å². The zero-order valence-corrected chi connectivity index (χ0v) is 12.3. The van der Waals surface area contributed by atoms with Gasteiger partial charge in [-0.15, -0.1) is 11.3 Å². The van der Waals surface area contributed by atoms with Crippen molar-refractivity contribution in [3.63, 3.8) is 0 Å². The van der Waals surface area contributed by atoms with E-state index in [-0.39, 0.29) is 15.5 Å². The fraction of sp³-hybridized carbons (Fsp3) is 0.545. The number of sulfonamides is 1. The van der Waals surface area contributed by atoms with Crippen LogP contribution in [0.2, 0.25) is 0 Å². The number of rotatable bonds is 4. The zero-order chi connectivity index (χ0) is 14.0. The zero-order valence-electron chi connectivity index (χ0n) is 10.7. The van der Waals surface area contributed by atoms with E-state index in [1.165, 1.54) is 11.4 Å². The molecule has 0 spiro atoms. The smallest absolute Gasteiger partial charge is 0.252 e. The quantitative estimate of drug-likeness (QED) is 0.882. The Morgan fingerprint density at radius 2 is 2.06 bits per heavy atom. The average molecular weight is 290 g/mol. The van der Waals surface area contributed by atoms with Crippen molar-refractivity contribution in [3.8, 4) is 0 Å². The Kier molecular flexibility index (Phi) is 4.52. The summed E-state index contributed by atoms with van der Waals surface area (Å²) in [4.78, 5) is 11.7. The fourth-order valence-electron chi connectivity index (χ4n) is 1.24. The summed E-state index contributed by atoms with van der Waals surface area (Å²) in [6.07, 6.45) is 0.852. The minimum atomic E-state index is -3.72. The Hall–Kier alpha value is -0.920. The van der Waals surface area contributed by atoms with Crippen molar-refractivity contribution in [1.29, 1.82) is 0 Å². The largest absolute Gasteiger partial charge is 0.352 e. The normalized spacial score (nSPS) is 12.4. The van der Waals surface area contributed by atoms with Crippen molar-refractivity contribution in [2.45, 2.75) is 31.4 Å². The van der Waals surface area contributed by atoms with Crippen LogP contribution in [0.4, 0.5) is 0 Å². The van der Waals surface area contributed by atoms with Crippen LogP contribution in [0.3, 0.4) is 0 Å². The van der Waals surface area contributed by atoms with Crippen LogP contribution in [-0.4, -0.2) is 20.9 Å². The predicted octanol–water partition coefficient (Wildman–Crippen LogP) is 1.56. The second kappa shape index (κ2) is 5.38. The maximum absolute atomic E-state index is 11.7. The molecule has 7 heteroatoms. The molecule has 0 fully saturated rings. The minimum Gasteiger partial charge on any atom is -0.352 e. The summed E-state index contributed by atoms with van der Waals surface area (Å²) in [7, 11) is -3.72. The lowest BCUT2D eigenvalue weighted by Gasteiger charge is -2.17. The monoisotopic (exact) mass is 290 g/mol. The maximum Gasteiger partial charge on any atom is 0.252 e. The van der Waals surface area contributed by atoms with Crippen molar-refractivity contribution in [2.75, 3.05) is 6.54 Å². The van der Waals surface area contributed by atoms with Crippen LogP contribution in [0.15, 0.2) is 15.7 Å². The highest BCUT2D eigenvalue weighted by Crippen LogP contribution is 2.19. The number of hydrogen-bond donors (Lipinski definition) is 2. The molecular weight excluding hydrogens is 272 g/mol. The van der Waals surface area contributed by atoms with Crippen molar-refractivity contribution < 1.29 is 13.2 Å². The predicted molar refractivity (Wildman–Crippen MR) is 72.1 cm³/mol. The SMILES string of the molecule is CC(C)(C)CCNC(=O)c1csc(S(N)(=O)=O)c1. The first-order valence-corrected chi connectivity index (χ1v) is 7.92. The number of amides is 1. The van der Waals surface area contributed by atoms with Gasteiger partial charge < -0.3 is 5.32 Å². The summed E-state index contributed by atoms with van der Waals surface area (Å²) < 4.78 is 22.1. The van der Waals surface area contributed by atoms with E-state index in [2.05, 4.69) is 26.1 Å². The summed E-state index contributed by atoms with van der Waals surface area (Å²) in [5.74, 6) is -0.273. The van der Waals surface area contributed by atoms with Gasteiger partial charge in [-0.1, -0.05) is 20.8 Å². The average Bonchev–Trinajstić information content (AvgIpc) is 2.62. The van der Waals surface area contributed by atoms with Gasteiger partial charge >= 0.3 is 0 Å². The summed E-state index contributed by atoms with van der Waals surface area (Å²) in [5, 5.41) is 9.22. The van der Waals surface area contributed by atoms with Crippen LogP contribution in [-0.2, 0) is 10.0 Å². The standard InChI is InChI=1S/C11H18N2O3S2/c1-11(2,3)4-5-13-10(14)8-6-9(17-7-8)18(12,15)16/h6-7H,4-5H2,1-3H3,(H,13,14)(H2,12,15,16). The van der Waals surface area contributed by atoms with Gasteiger partial charge in [-0.05, 0) is 17.9 Å². The van der Waals surface area contributed by atoms with Gasteiger partial charge in [0.2, 0.25) is 10.0 Å². The maximum atomic E-state index is 11.7. The molecule has 3 N–H and O–H groups in total. The van der Waals surface area contributed by atoms with Gasteiger partial charge in [-0.25, -0.2) is 13.6 Å². The lowest BCUT2D eigenvalue weighted by atomic mass is 9.92. The lowest BCUT2D eigenvalue weighted by Crippen LogP contribution is -2.26. The summed E-state index contributed by atoms with van der Waals surface area (Å²) in [6, 6.07) is 1.30. The Morgan fingerprint density at radius 1 is 1.44 bits per heavy atom. The van der Waals surface area contributed by atoms with Gasteiger partial charge in [0.15, 0.2) is 0 Å². The third-order valence-corrected chi connectivity index (χ3v) is 4.66. The molecule has 1 aromatic rings. The molecule has 0 bridgehead atoms. The molecule has 1 aromatic heterocycles. The molecule has 102 valence electrons. The van der Waals surface area contributed by atoms with E-state index in [4.69, 9.17) is 5.14 Å². The van der Waals surface area contributed by atoms with E-state index < -0.39 is 10.0 Å². The van der Waals surface area contributed by atoms with Crippen LogP contribution in [0.5, 0.6) is 0 Å². The molecule has 1 amide bonds. The second-order valence-electron chi connectivity index (χ2n) is 5.27. The third kappa shape index (κ3) is 4.75. The third-order valence-electron chi connectivity index (χ3n) is 2.28. The number of primary sulfonamides is 1. The number of hydrogen-bond acceptors (Lipinski definition) is 4. The first-order valence-electron chi connectivity index (χ1n) is 5.49. The molecule has 0 aliphatic heterocycles. The summed E-state index contributed by atoms with van der Waals surface area (Å²) in [5.41, 5.74) is 0.478. The first-order chi connectivity index (χ1) is 8.09. The van der Waals surface area contributed by atoms with Gasteiger partial charge in [0, 0.05) is 11.9 Å². The number of nitrogens with two attached hydrogens (primary N) is 1. The molecule has 0 atom stereocenters. The first kappa shape index (κ1) is 15.1. The molecule has 0 aromatic carbocycles. The Labute approximate surface area is 111 Å². The minimum absolute atomic E-state index is 0.00321. The second-order valence-corrected chi connectivity index (χ2v) is 7.97. The number of thiophene rings is 1. The van der Waals surface area contributed by atoms with E-state index in [1.807, 2.05) is 0 Å². The molecule has 0 saturated heterocycles. The highest BCUT2D eigenvalue weighted by molar-refractivity contribution is 7.91. The van der Waals surface area contributed by atoms with Crippen LogP contribution in [0.25, 0.3) is 0 Å². The van der Waals surface area contributed by atoms with E-state index >= 15 is 0 Å². The molecule has 0 aliphatic carbocycles. The van der Waals surface area contributed by atoms with Gasteiger partial charge in [0.05, 0.1) is 5.56 Å². The van der Waals surface area contributed by atoms with Gasteiger partial charge in [0.25, 0.3) is 5.91 Å². The van der Waals surface area contributed by atoms with E-state index in [9.17, 15) is 13.2 Å². The Balaban J connectivity index is 2.61. The van der Waals surface area contributed by atoms with Gasteiger partial charge in [-0.3, -0.25) is 4.79 Å². The molecule has 1 heterocycles. The Morgan fingerprint density at radius 3 is 2.50 bits per heavy atom. The van der Waals surface area contributed by atoms with Gasteiger partial charge in [-0.2, -0.15) is 0 Å². The number of carbonyl (C=O) groups excluding carboxylic acids is 1. The molecule has 0 radical (unpaired) electrons. The van der Waals surface area contributed by atoms with Crippen LogP contribution < -0.4 is 10.5 Å². The van der Waals surface area contributed by atoms with Crippen LogP contribution in [0, 0.1) is 5.41 Å². The van der Waals surface area contributed by atoms with E-state index in [0.29, 0.717) is 12.1 Å². The summed E-state index contributed by atoms with van der Waals surface area (Å²) in [6.45, 7) is 6.82. The molecular formula is C11H18N2O3S2. The molecule has 0 unspecified atom stereocenters. The molecule has 5 nitrogen and oxygen atoms in total. The van der Waals surface area contributed by atoms with Gasteiger partial charge in [0.1, 0.15) is 4.21 Å². The lowest BCUT2D eigenvalue weighted by molar-refractivity contribution is 0.0950. The van der Waals surface area contributed by atoms with Crippen LogP contribution >= 0.6 is 11.3 Å². The molecule has 0 saturated carbocycles. The fourth-order valence-corrected chi connectivity index (χ4v) is 2.82. The van der Waals surface area contributed by atoms with Crippen molar-refractivity contribution in [2.24, 2.45) is 10.6 Å². The summed E-state index contributed by atoms with van der Waals surface area (Å²) >= 11 is 0.950. The van der Waals surface area contributed by atoms with Crippen molar-refractivity contribution in [1.82, 2.24) is 5.32 Å². The highest BCUT2D eigenvalue weighted by Gasteiger charge is 2.16. The van der Waals surface area contributed by atoms with E-state index in [1.54, 1.807) is 0 Å². The van der Waals surface area contributed by atoms with Crippen LogP contribution in [0.1, 0.15) is 37.6 Å². The molecule has 1 rings (SSSR count). The number of nitrogens with one attached hydrogen (secondary N) is 1. The molecule has 18 heavy (non-hydrogen) atoms. The topological polar surface area (TPSA) is 89.3 Å². The molecule has 0 aliphatic rings. The van der Waals surface area contributed by atoms with Crippen molar-refractivity contribution >= 4 is 27.3 Å². The van der Waals surface area contributed by atoms with Crippen molar-refractivity contribution in [3.05, 3.63) is 17.0 Å². The Bertz CT molecular complexity index is 527. The highest BCUT2D eigenvalue weighted by atomic mass is 32.2.